The van der Waals surface area contributed by atoms with E-state index in [0.29, 0.717) is 10.6 Å². The first-order chi connectivity index (χ1) is 6.54. The number of benzene rings is 1. The van der Waals surface area contributed by atoms with Gasteiger partial charge in [0.15, 0.2) is 0 Å². The molecule has 0 aliphatic carbocycles. The highest BCUT2D eigenvalue weighted by molar-refractivity contribution is 8.13. The van der Waals surface area contributed by atoms with Crippen LogP contribution in [0.2, 0.25) is 0 Å². The van der Waals surface area contributed by atoms with Crippen LogP contribution in [0.3, 0.4) is 0 Å². The van der Waals surface area contributed by atoms with Crippen molar-refractivity contribution < 1.29 is 14.6 Å². The molecule has 1 N–H and O–H groups in total. The first-order valence-electron chi connectivity index (χ1n) is 4.10. The smallest absolute Gasteiger partial charge is 0.369 e. The highest BCUT2D eigenvalue weighted by Gasteiger charge is 2.09. The average molecular weight is 212 g/mol. The van der Waals surface area contributed by atoms with Crippen LogP contribution in [-0.2, 0) is 0 Å². The molecule has 1 rings (SSSR count). The van der Waals surface area contributed by atoms with Gasteiger partial charge in [-0.05, 0) is 48.9 Å². The van der Waals surface area contributed by atoms with E-state index in [4.69, 9.17) is 9.84 Å². The van der Waals surface area contributed by atoms with Crippen molar-refractivity contribution in [1.29, 1.82) is 0 Å². The van der Waals surface area contributed by atoms with Gasteiger partial charge in [0.2, 0.25) is 0 Å². The lowest BCUT2D eigenvalue weighted by atomic mass is 10.1. The lowest BCUT2D eigenvalue weighted by molar-refractivity contribution is 0.222. The zero-order valence-electron chi connectivity index (χ0n) is 8.33. The predicted octanol–water partition coefficient (Wildman–Crippen LogP) is 3.08. The highest BCUT2D eigenvalue weighted by Crippen LogP contribution is 2.32. The van der Waals surface area contributed by atoms with Gasteiger partial charge in [-0.2, -0.15) is 0 Å². The minimum Gasteiger partial charge on any atom is -0.496 e. The van der Waals surface area contributed by atoms with Gasteiger partial charge in [-0.25, -0.2) is 4.79 Å². The van der Waals surface area contributed by atoms with Crippen molar-refractivity contribution in [3.8, 4) is 5.75 Å². The van der Waals surface area contributed by atoms with Gasteiger partial charge in [0.25, 0.3) is 0 Å². The van der Waals surface area contributed by atoms with Crippen molar-refractivity contribution in [2.75, 3.05) is 7.11 Å². The average Bonchev–Trinajstić information content (AvgIpc) is 2.10. The molecule has 0 radical (unpaired) electrons. The Bertz CT molecular complexity index is 361. The largest absolute Gasteiger partial charge is 0.496 e. The summed E-state index contributed by atoms with van der Waals surface area (Å²) in [7, 11) is 1.54. The molecule has 0 amide bonds. The van der Waals surface area contributed by atoms with Gasteiger partial charge in [0.1, 0.15) is 5.75 Å². The molecule has 0 atom stereocenters. The number of carboxylic acid groups (broad SMARTS) is 1. The second-order valence-corrected chi connectivity index (χ2v) is 3.95. The Hall–Kier alpha value is -1.16. The third-order valence-electron chi connectivity index (χ3n) is 1.98. The van der Waals surface area contributed by atoms with Crippen LogP contribution in [0.1, 0.15) is 11.1 Å². The first-order valence-corrected chi connectivity index (χ1v) is 4.92. The summed E-state index contributed by atoms with van der Waals surface area (Å²) in [5.74, 6) is 0.612. The van der Waals surface area contributed by atoms with E-state index in [-0.39, 0.29) is 0 Å². The maximum atomic E-state index is 10.5. The number of aryl methyl sites for hydroxylation is 2. The molecule has 0 fully saturated rings. The summed E-state index contributed by atoms with van der Waals surface area (Å²) < 4.78 is 5.10. The highest BCUT2D eigenvalue weighted by atomic mass is 32.2. The number of methoxy groups -OCH3 is 1. The summed E-state index contributed by atoms with van der Waals surface area (Å²) in [5.41, 5.74) is 2.16. The molecule has 76 valence electrons. The maximum absolute atomic E-state index is 10.5. The Morgan fingerprint density at radius 2 is 1.93 bits per heavy atom. The Balaban J connectivity index is 3.13. The molecule has 4 heteroatoms. The molecule has 0 saturated carbocycles. The van der Waals surface area contributed by atoms with Gasteiger partial charge < -0.3 is 9.84 Å². The van der Waals surface area contributed by atoms with Crippen LogP contribution in [-0.4, -0.2) is 17.5 Å². The fourth-order valence-corrected chi connectivity index (χ4v) is 1.76. The molecule has 1 aromatic rings. The van der Waals surface area contributed by atoms with E-state index in [1.54, 1.807) is 0 Å². The lowest BCUT2D eigenvalue weighted by Crippen LogP contribution is -1.92. The summed E-state index contributed by atoms with van der Waals surface area (Å²) in [5, 5.41) is 7.73. The third-order valence-corrected chi connectivity index (χ3v) is 2.69. The van der Waals surface area contributed by atoms with E-state index >= 15 is 0 Å². The van der Waals surface area contributed by atoms with Crippen LogP contribution in [0.15, 0.2) is 17.0 Å². The second-order valence-electron chi connectivity index (χ2n) is 2.96. The molecule has 14 heavy (non-hydrogen) atoms. The number of hydrogen-bond acceptors (Lipinski definition) is 3. The van der Waals surface area contributed by atoms with Gasteiger partial charge in [0.05, 0.1) is 12.0 Å². The van der Waals surface area contributed by atoms with E-state index in [0.717, 1.165) is 22.9 Å². The van der Waals surface area contributed by atoms with Gasteiger partial charge in [-0.1, -0.05) is 0 Å². The van der Waals surface area contributed by atoms with Crippen molar-refractivity contribution in [3.63, 3.8) is 0 Å². The topological polar surface area (TPSA) is 46.5 Å². The second kappa shape index (κ2) is 4.37. The van der Waals surface area contributed by atoms with Crippen LogP contribution < -0.4 is 4.74 Å². The van der Waals surface area contributed by atoms with E-state index < -0.39 is 5.30 Å². The SMILES string of the molecule is COc1cc(C)c(C)cc1SC(=O)O. The first kappa shape index (κ1) is 10.9. The Morgan fingerprint density at radius 3 is 2.43 bits per heavy atom. The molecule has 0 aliphatic heterocycles. The number of hydrogen-bond donors (Lipinski definition) is 1. The van der Waals surface area contributed by atoms with E-state index in [2.05, 4.69) is 0 Å². The number of thioether (sulfide) groups is 1. The Labute approximate surface area is 87.1 Å². The molecule has 0 aliphatic rings. The van der Waals surface area contributed by atoms with E-state index in [9.17, 15) is 4.79 Å². The lowest BCUT2D eigenvalue weighted by Gasteiger charge is -2.09. The summed E-state index contributed by atoms with van der Waals surface area (Å²) in [6, 6.07) is 3.67. The Kier molecular flexibility index (Phi) is 3.41. The summed E-state index contributed by atoms with van der Waals surface area (Å²) in [6.45, 7) is 3.91. The van der Waals surface area contributed by atoms with E-state index in [1.165, 1.54) is 7.11 Å². The zero-order valence-corrected chi connectivity index (χ0v) is 9.14. The maximum Gasteiger partial charge on any atom is 0.369 e. The van der Waals surface area contributed by atoms with Crippen LogP contribution >= 0.6 is 11.8 Å². The standard InChI is InChI=1S/C10H12O3S/c1-6-4-8(13-3)9(5-7(6)2)14-10(11)12/h4-5H,1-3H3,(H,11,12). The molecule has 1 aromatic carbocycles. The van der Waals surface area contributed by atoms with Crippen molar-refractivity contribution in [2.45, 2.75) is 18.7 Å². The van der Waals surface area contributed by atoms with Crippen molar-refractivity contribution in [1.82, 2.24) is 0 Å². The monoisotopic (exact) mass is 212 g/mol. The van der Waals surface area contributed by atoms with Gasteiger partial charge in [0, 0.05) is 0 Å². The summed E-state index contributed by atoms with van der Waals surface area (Å²) in [4.78, 5) is 11.2. The zero-order chi connectivity index (χ0) is 10.7. The molecule has 0 saturated heterocycles. The number of rotatable bonds is 2. The van der Waals surface area contributed by atoms with Gasteiger partial charge >= 0.3 is 5.30 Å². The Morgan fingerprint density at radius 1 is 1.36 bits per heavy atom. The molecule has 0 bridgehead atoms. The van der Waals surface area contributed by atoms with Crippen LogP contribution in [0.4, 0.5) is 4.79 Å². The third kappa shape index (κ3) is 2.42. The minimum atomic E-state index is -0.924. The van der Waals surface area contributed by atoms with E-state index in [1.807, 2.05) is 26.0 Å². The molecule has 0 aromatic heterocycles. The fraction of sp³-hybridized carbons (Fsp3) is 0.300. The molecular formula is C10H12O3S. The van der Waals surface area contributed by atoms with Gasteiger partial charge in [-0.3, -0.25) is 0 Å². The summed E-state index contributed by atoms with van der Waals surface area (Å²) >= 11 is 0.764. The molecule has 0 unspecified atom stereocenters. The van der Waals surface area contributed by atoms with Crippen molar-refractivity contribution in [2.24, 2.45) is 0 Å². The molecule has 0 heterocycles. The van der Waals surface area contributed by atoms with Crippen molar-refractivity contribution in [3.05, 3.63) is 23.3 Å². The fourth-order valence-electron chi connectivity index (χ4n) is 1.10. The van der Waals surface area contributed by atoms with Crippen LogP contribution in [0.5, 0.6) is 5.75 Å². The molecule has 0 spiro atoms. The molecular weight excluding hydrogens is 200 g/mol. The van der Waals surface area contributed by atoms with Crippen molar-refractivity contribution >= 4 is 17.1 Å². The van der Waals surface area contributed by atoms with Crippen LogP contribution in [0, 0.1) is 13.8 Å². The number of ether oxygens (including phenoxy) is 1. The molecule has 3 nitrogen and oxygen atoms in total. The van der Waals surface area contributed by atoms with Gasteiger partial charge in [-0.15, -0.1) is 0 Å². The predicted molar refractivity (Wildman–Crippen MR) is 56.3 cm³/mol. The quantitative estimate of drug-likeness (QED) is 0.765. The minimum absolute atomic E-state index is 0.612. The van der Waals surface area contributed by atoms with Crippen LogP contribution in [0.25, 0.3) is 0 Å². The normalized spacial score (nSPS) is 9.93. The summed E-state index contributed by atoms with van der Waals surface area (Å²) in [6.07, 6.45) is 0. The number of carbonyl (C=O) groups is 1.